The van der Waals surface area contributed by atoms with E-state index < -0.39 is 12.5 Å². The van der Waals surface area contributed by atoms with Crippen LogP contribution < -0.4 is 10.5 Å². The molecule has 102 valence electrons. The van der Waals surface area contributed by atoms with Gasteiger partial charge < -0.3 is 10.5 Å². The summed E-state index contributed by atoms with van der Waals surface area (Å²) in [6.07, 6.45) is -5.34. The number of hydrogen-bond acceptors (Lipinski definition) is 2. The fraction of sp³-hybridized carbons (Fsp3) is 0.500. The van der Waals surface area contributed by atoms with Crippen LogP contribution in [-0.2, 0) is 6.42 Å². The molecule has 1 rings (SSSR count). The fourth-order valence-corrected chi connectivity index (χ4v) is 1.54. The molecule has 0 radical (unpaired) electrons. The van der Waals surface area contributed by atoms with Crippen molar-refractivity contribution in [2.45, 2.75) is 32.3 Å². The van der Waals surface area contributed by atoms with Gasteiger partial charge in [-0.2, -0.15) is 0 Å². The van der Waals surface area contributed by atoms with Gasteiger partial charge in [-0.25, -0.2) is 4.39 Å². The Bertz CT molecular complexity index is 392. The Morgan fingerprint density at radius 1 is 1.33 bits per heavy atom. The maximum absolute atomic E-state index is 13.0. The molecular formula is C12H15F4NO. The van der Waals surface area contributed by atoms with Crippen LogP contribution in [0.25, 0.3) is 0 Å². The summed E-state index contributed by atoms with van der Waals surface area (Å²) in [5, 5.41) is 0. The van der Waals surface area contributed by atoms with E-state index in [-0.39, 0.29) is 18.7 Å². The Morgan fingerprint density at radius 3 is 2.56 bits per heavy atom. The first-order valence-electron chi connectivity index (χ1n) is 5.51. The molecule has 0 amide bonds. The first-order chi connectivity index (χ1) is 8.31. The van der Waals surface area contributed by atoms with Crippen LogP contribution in [0.3, 0.4) is 0 Å². The predicted octanol–water partition coefficient (Wildman–Crippen LogP) is 3.12. The number of halogens is 4. The zero-order valence-corrected chi connectivity index (χ0v) is 9.93. The van der Waals surface area contributed by atoms with Gasteiger partial charge in [-0.15, -0.1) is 13.2 Å². The third-order valence-electron chi connectivity index (χ3n) is 2.54. The van der Waals surface area contributed by atoms with Crippen molar-refractivity contribution in [3.8, 4) is 5.75 Å². The van der Waals surface area contributed by atoms with Crippen LogP contribution in [0, 0.1) is 6.92 Å². The molecule has 0 aromatic heterocycles. The molecule has 18 heavy (non-hydrogen) atoms. The molecule has 2 nitrogen and oxygen atoms in total. The summed E-state index contributed by atoms with van der Waals surface area (Å²) in [7, 11) is 0. The second kappa shape index (κ2) is 6.04. The number of ether oxygens (including phenoxy) is 1. The van der Waals surface area contributed by atoms with E-state index in [1.54, 1.807) is 6.92 Å². The summed E-state index contributed by atoms with van der Waals surface area (Å²) in [5.74, 6) is -0.286. The number of rotatable bonds is 5. The van der Waals surface area contributed by atoms with Gasteiger partial charge in [0.1, 0.15) is 11.9 Å². The van der Waals surface area contributed by atoms with E-state index in [0.717, 1.165) is 5.56 Å². The summed E-state index contributed by atoms with van der Waals surface area (Å²) < 4.78 is 52.9. The summed E-state index contributed by atoms with van der Waals surface area (Å²) in [4.78, 5) is 0. The average molecular weight is 265 g/mol. The molecule has 0 bridgehead atoms. The highest BCUT2D eigenvalue weighted by Gasteiger charge is 2.31. The van der Waals surface area contributed by atoms with Gasteiger partial charge in [0, 0.05) is 6.54 Å². The van der Waals surface area contributed by atoms with E-state index in [4.69, 9.17) is 5.73 Å². The first-order valence-corrected chi connectivity index (χ1v) is 5.51. The highest BCUT2D eigenvalue weighted by atomic mass is 19.4. The van der Waals surface area contributed by atoms with Crippen molar-refractivity contribution in [2.75, 3.05) is 6.54 Å². The van der Waals surface area contributed by atoms with E-state index in [0.29, 0.717) is 12.0 Å². The van der Waals surface area contributed by atoms with Crippen LogP contribution in [0.4, 0.5) is 17.6 Å². The molecular weight excluding hydrogens is 250 g/mol. The maximum atomic E-state index is 13.0. The van der Waals surface area contributed by atoms with Gasteiger partial charge in [-0.05, 0) is 43.0 Å². The minimum absolute atomic E-state index is 0.0855. The lowest BCUT2D eigenvalue weighted by Crippen LogP contribution is -2.17. The molecule has 0 saturated heterocycles. The van der Waals surface area contributed by atoms with Gasteiger partial charge in [0.25, 0.3) is 0 Å². The number of aryl methyl sites for hydroxylation is 2. The quantitative estimate of drug-likeness (QED) is 0.830. The fourth-order valence-electron chi connectivity index (χ4n) is 1.54. The molecule has 1 aromatic carbocycles. The SMILES string of the molecule is Cc1ccc(OC(F)(F)F)cc1CCC(F)CN. The molecule has 0 spiro atoms. The molecule has 2 N–H and O–H groups in total. The molecule has 0 saturated carbocycles. The third-order valence-corrected chi connectivity index (χ3v) is 2.54. The van der Waals surface area contributed by atoms with Crippen molar-refractivity contribution in [1.82, 2.24) is 0 Å². The molecule has 0 aliphatic rings. The zero-order valence-electron chi connectivity index (χ0n) is 9.93. The highest BCUT2D eigenvalue weighted by Crippen LogP contribution is 2.25. The smallest absolute Gasteiger partial charge is 0.406 e. The second-order valence-electron chi connectivity index (χ2n) is 4.01. The first kappa shape index (κ1) is 14.8. The second-order valence-corrected chi connectivity index (χ2v) is 4.01. The Kier molecular flexibility index (Phi) is 4.95. The monoisotopic (exact) mass is 265 g/mol. The highest BCUT2D eigenvalue weighted by molar-refractivity contribution is 5.35. The maximum Gasteiger partial charge on any atom is 0.573 e. The van der Waals surface area contributed by atoms with Gasteiger partial charge in [0.2, 0.25) is 0 Å². The van der Waals surface area contributed by atoms with Crippen LogP contribution in [0.5, 0.6) is 5.75 Å². The summed E-state index contributed by atoms with van der Waals surface area (Å²) in [5.41, 5.74) is 6.57. The Labute approximate surface area is 103 Å². The molecule has 0 aliphatic heterocycles. The molecule has 0 aliphatic carbocycles. The molecule has 0 heterocycles. The lowest BCUT2D eigenvalue weighted by atomic mass is 10.0. The normalized spacial score (nSPS) is 13.4. The van der Waals surface area contributed by atoms with Crippen molar-refractivity contribution in [2.24, 2.45) is 5.73 Å². The Morgan fingerprint density at radius 2 is 2.00 bits per heavy atom. The van der Waals surface area contributed by atoms with Crippen LogP contribution in [0.15, 0.2) is 18.2 Å². The van der Waals surface area contributed by atoms with Crippen molar-refractivity contribution in [3.05, 3.63) is 29.3 Å². The van der Waals surface area contributed by atoms with E-state index >= 15 is 0 Å². The van der Waals surface area contributed by atoms with Crippen LogP contribution in [0.1, 0.15) is 17.5 Å². The zero-order chi connectivity index (χ0) is 13.8. The lowest BCUT2D eigenvalue weighted by Gasteiger charge is -2.12. The molecule has 1 aromatic rings. The summed E-state index contributed by atoms with van der Waals surface area (Å²) in [6, 6.07) is 4.04. The predicted molar refractivity (Wildman–Crippen MR) is 60.1 cm³/mol. The van der Waals surface area contributed by atoms with E-state index in [9.17, 15) is 17.6 Å². The average Bonchev–Trinajstić information content (AvgIpc) is 2.27. The summed E-state index contributed by atoms with van der Waals surface area (Å²) in [6.45, 7) is 1.67. The largest absolute Gasteiger partial charge is 0.573 e. The molecule has 6 heteroatoms. The van der Waals surface area contributed by atoms with Gasteiger partial charge in [-0.3, -0.25) is 0 Å². The van der Waals surface area contributed by atoms with Crippen molar-refractivity contribution in [1.29, 1.82) is 0 Å². The molecule has 0 fully saturated rings. The molecule has 1 unspecified atom stereocenters. The number of nitrogens with two attached hydrogens (primary N) is 1. The van der Waals surface area contributed by atoms with Crippen LogP contribution >= 0.6 is 0 Å². The van der Waals surface area contributed by atoms with Crippen molar-refractivity contribution in [3.63, 3.8) is 0 Å². The van der Waals surface area contributed by atoms with Gasteiger partial charge in [-0.1, -0.05) is 6.07 Å². The van der Waals surface area contributed by atoms with Crippen LogP contribution in [0.2, 0.25) is 0 Å². The Balaban J connectivity index is 2.75. The Hall–Kier alpha value is -1.30. The van der Waals surface area contributed by atoms with Gasteiger partial charge >= 0.3 is 6.36 Å². The number of benzene rings is 1. The van der Waals surface area contributed by atoms with E-state index in [1.165, 1.54) is 18.2 Å². The van der Waals surface area contributed by atoms with Crippen LogP contribution in [-0.4, -0.2) is 19.1 Å². The topological polar surface area (TPSA) is 35.2 Å². The standard InChI is InChI=1S/C12H15F4NO/c1-8-2-5-11(18-12(14,15)16)6-9(8)3-4-10(13)7-17/h2,5-6,10H,3-4,7,17H2,1H3. The minimum Gasteiger partial charge on any atom is -0.406 e. The number of hydrogen-bond donors (Lipinski definition) is 1. The van der Waals surface area contributed by atoms with Gasteiger partial charge in [0.15, 0.2) is 0 Å². The van der Waals surface area contributed by atoms with Crippen molar-refractivity contribution >= 4 is 0 Å². The number of alkyl halides is 4. The van der Waals surface area contributed by atoms with E-state index in [2.05, 4.69) is 4.74 Å². The minimum atomic E-state index is -4.72. The van der Waals surface area contributed by atoms with E-state index in [1.807, 2.05) is 0 Å². The molecule has 1 atom stereocenters. The van der Waals surface area contributed by atoms with Gasteiger partial charge in [0.05, 0.1) is 0 Å². The van der Waals surface area contributed by atoms with Crippen molar-refractivity contribution < 1.29 is 22.3 Å². The third kappa shape index (κ3) is 4.91. The lowest BCUT2D eigenvalue weighted by molar-refractivity contribution is -0.274. The summed E-state index contributed by atoms with van der Waals surface area (Å²) >= 11 is 0.